The molecular weight excluding hydrogens is 298 g/mol. The van der Waals surface area contributed by atoms with Gasteiger partial charge >= 0.3 is 0 Å². The van der Waals surface area contributed by atoms with Gasteiger partial charge in [-0.1, -0.05) is 11.6 Å². The first-order chi connectivity index (χ1) is 9.82. The van der Waals surface area contributed by atoms with Crippen LogP contribution < -0.4 is 11.1 Å². The predicted octanol–water partition coefficient (Wildman–Crippen LogP) is 2.13. The first-order valence-corrected chi connectivity index (χ1v) is 6.84. The van der Waals surface area contributed by atoms with Crippen LogP contribution in [0.2, 0.25) is 5.02 Å². The quantitative estimate of drug-likeness (QED) is 0.505. The monoisotopic (exact) mass is 313 g/mol. The number of nitrogen functional groups attached to an aromatic ring is 1. The fourth-order valence-corrected chi connectivity index (χ4v) is 2.48. The molecule has 0 spiro atoms. The lowest BCUT2D eigenvalue weighted by atomic mass is 9.94. The Morgan fingerprint density at radius 3 is 2.86 bits per heavy atom. The number of benzene rings is 1. The number of hydrogen-bond donors (Lipinski definition) is 2. The zero-order valence-corrected chi connectivity index (χ0v) is 12.3. The minimum absolute atomic E-state index is 0.0144. The summed E-state index contributed by atoms with van der Waals surface area (Å²) < 4.78 is 5.36. The number of halogens is 1. The maximum absolute atomic E-state index is 12.3. The smallest absolute Gasteiger partial charge is 0.294 e. The minimum Gasteiger partial charge on any atom is -0.392 e. The number of nitrogens with two attached hydrogens (primary N) is 1. The number of nitrogens with zero attached hydrogens (tertiary/aromatic N) is 1. The van der Waals surface area contributed by atoms with Gasteiger partial charge in [-0.25, -0.2) is 0 Å². The molecule has 1 fully saturated rings. The Hall–Kier alpha value is -1.86. The van der Waals surface area contributed by atoms with E-state index < -0.39 is 16.4 Å². The molecule has 1 aliphatic rings. The van der Waals surface area contributed by atoms with Crippen molar-refractivity contribution in [2.45, 2.75) is 25.3 Å². The van der Waals surface area contributed by atoms with Crippen molar-refractivity contribution in [3.05, 3.63) is 32.8 Å². The average Bonchev–Trinajstić information content (AvgIpc) is 2.41. The molecule has 0 saturated carbocycles. The molecule has 7 nitrogen and oxygen atoms in total. The number of rotatable bonds is 3. The Kier molecular flexibility index (Phi) is 4.34. The number of hydrogen-bond acceptors (Lipinski definition) is 5. The van der Waals surface area contributed by atoms with E-state index in [-0.39, 0.29) is 22.0 Å². The van der Waals surface area contributed by atoms with Crippen LogP contribution in [0.25, 0.3) is 0 Å². The number of carbonyl (C=O) groups is 1. The number of ether oxygens (including phenoxy) is 1. The van der Waals surface area contributed by atoms with Crippen LogP contribution in [0.5, 0.6) is 0 Å². The van der Waals surface area contributed by atoms with Crippen molar-refractivity contribution in [1.82, 2.24) is 5.32 Å². The van der Waals surface area contributed by atoms with Gasteiger partial charge in [0.25, 0.3) is 11.6 Å². The van der Waals surface area contributed by atoms with E-state index >= 15 is 0 Å². The second-order valence-electron chi connectivity index (χ2n) is 5.32. The van der Waals surface area contributed by atoms with Crippen molar-refractivity contribution in [3.8, 4) is 0 Å². The molecule has 1 atom stereocenters. The fraction of sp³-hybridized carbons (Fsp3) is 0.462. The van der Waals surface area contributed by atoms with Crippen molar-refractivity contribution < 1.29 is 14.5 Å². The van der Waals surface area contributed by atoms with Gasteiger partial charge in [0.05, 0.1) is 22.1 Å². The number of amides is 1. The number of nitro benzene ring substituents is 1. The van der Waals surface area contributed by atoms with Crippen LogP contribution in [0.1, 0.15) is 30.1 Å². The van der Waals surface area contributed by atoms with Gasteiger partial charge in [-0.15, -0.1) is 0 Å². The standard InChI is InChI=1S/C13H16ClN3O4/c1-13(3-2-4-21-7-13)16-12(18)8-5-9(14)11(15)10(6-8)17(19)20/h5-6H,2-4,7,15H2,1H3,(H,16,18). The van der Waals surface area contributed by atoms with Gasteiger partial charge in [-0.2, -0.15) is 0 Å². The van der Waals surface area contributed by atoms with E-state index in [1.54, 1.807) is 0 Å². The summed E-state index contributed by atoms with van der Waals surface area (Å²) in [6.45, 7) is 2.95. The predicted molar refractivity (Wildman–Crippen MR) is 78.4 cm³/mol. The van der Waals surface area contributed by atoms with Crippen LogP contribution in [0.15, 0.2) is 12.1 Å². The van der Waals surface area contributed by atoms with E-state index in [2.05, 4.69) is 5.32 Å². The second-order valence-corrected chi connectivity index (χ2v) is 5.73. The third kappa shape index (κ3) is 3.43. The first kappa shape index (κ1) is 15.5. The van der Waals surface area contributed by atoms with Gasteiger partial charge in [-0.3, -0.25) is 14.9 Å². The lowest BCUT2D eigenvalue weighted by Crippen LogP contribution is -2.51. The molecule has 21 heavy (non-hydrogen) atoms. The van der Waals surface area contributed by atoms with E-state index in [1.807, 2.05) is 6.92 Å². The van der Waals surface area contributed by atoms with E-state index in [9.17, 15) is 14.9 Å². The molecule has 0 radical (unpaired) electrons. The third-order valence-corrected chi connectivity index (χ3v) is 3.73. The molecular formula is C13H16ClN3O4. The number of anilines is 1. The van der Waals surface area contributed by atoms with Crippen LogP contribution >= 0.6 is 11.6 Å². The molecule has 0 aromatic heterocycles. The van der Waals surface area contributed by atoms with Crippen molar-refractivity contribution >= 4 is 28.9 Å². The molecule has 1 saturated heterocycles. The Morgan fingerprint density at radius 2 is 2.29 bits per heavy atom. The topological polar surface area (TPSA) is 107 Å². The average molecular weight is 314 g/mol. The van der Waals surface area contributed by atoms with Crippen molar-refractivity contribution in [2.75, 3.05) is 18.9 Å². The molecule has 8 heteroatoms. The summed E-state index contributed by atoms with van der Waals surface area (Å²) in [6, 6.07) is 2.45. The molecule has 1 aromatic carbocycles. The third-order valence-electron chi connectivity index (χ3n) is 3.42. The summed E-state index contributed by atoms with van der Waals surface area (Å²) in [5.74, 6) is -0.437. The SMILES string of the molecule is CC1(NC(=O)c2cc(Cl)c(N)c([N+](=O)[O-])c2)CCCOC1. The zero-order valence-electron chi connectivity index (χ0n) is 11.5. The molecule has 1 unspecified atom stereocenters. The Labute approximate surface area is 126 Å². The normalized spacial score (nSPS) is 21.8. The maximum atomic E-state index is 12.3. The van der Waals surface area contributed by atoms with Crippen molar-refractivity contribution in [2.24, 2.45) is 0 Å². The van der Waals surface area contributed by atoms with Gasteiger partial charge in [-0.05, 0) is 25.8 Å². The summed E-state index contributed by atoms with van der Waals surface area (Å²) in [5.41, 5.74) is 4.63. The largest absolute Gasteiger partial charge is 0.392 e. The molecule has 1 aliphatic heterocycles. The number of nitrogens with one attached hydrogen (secondary N) is 1. The van der Waals surface area contributed by atoms with Gasteiger partial charge in [0, 0.05) is 18.2 Å². The minimum atomic E-state index is -0.663. The van der Waals surface area contributed by atoms with Crippen LogP contribution in [0.4, 0.5) is 11.4 Å². The number of carbonyl (C=O) groups excluding carboxylic acids is 1. The summed E-state index contributed by atoms with van der Waals surface area (Å²) in [4.78, 5) is 22.5. The molecule has 0 aliphatic carbocycles. The van der Waals surface area contributed by atoms with Crippen molar-refractivity contribution in [1.29, 1.82) is 0 Å². The summed E-state index contributed by atoms with van der Waals surface area (Å²) in [7, 11) is 0. The summed E-state index contributed by atoms with van der Waals surface area (Å²) >= 11 is 5.85. The molecule has 3 N–H and O–H groups in total. The molecule has 1 aromatic rings. The van der Waals surface area contributed by atoms with E-state index in [0.717, 1.165) is 18.9 Å². The van der Waals surface area contributed by atoms with Gasteiger partial charge in [0.15, 0.2) is 0 Å². The Morgan fingerprint density at radius 1 is 1.57 bits per heavy atom. The Bertz CT molecular complexity index is 585. The van der Waals surface area contributed by atoms with Crippen LogP contribution in [0, 0.1) is 10.1 Å². The molecule has 2 rings (SSSR count). The highest BCUT2D eigenvalue weighted by Crippen LogP contribution is 2.31. The van der Waals surface area contributed by atoms with Crippen LogP contribution in [-0.2, 0) is 4.74 Å². The lowest BCUT2D eigenvalue weighted by molar-refractivity contribution is -0.383. The Balaban J connectivity index is 2.25. The molecule has 114 valence electrons. The second kappa shape index (κ2) is 5.87. The maximum Gasteiger partial charge on any atom is 0.294 e. The number of nitro groups is 1. The lowest BCUT2D eigenvalue weighted by Gasteiger charge is -2.34. The van der Waals surface area contributed by atoms with Crippen LogP contribution in [0.3, 0.4) is 0 Å². The molecule has 1 heterocycles. The van der Waals surface area contributed by atoms with E-state index in [1.165, 1.54) is 6.07 Å². The van der Waals surface area contributed by atoms with E-state index in [0.29, 0.717) is 13.2 Å². The highest BCUT2D eigenvalue weighted by Gasteiger charge is 2.30. The fourth-order valence-electron chi connectivity index (χ4n) is 2.26. The van der Waals surface area contributed by atoms with Crippen LogP contribution in [-0.4, -0.2) is 29.6 Å². The van der Waals surface area contributed by atoms with Gasteiger partial charge in [0.2, 0.25) is 0 Å². The van der Waals surface area contributed by atoms with Crippen molar-refractivity contribution in [3.63, 3.8) is 0 Å². The molecule has 1 amide bonds. The summed E-state index contributed by atoms with van der Waals surface area (Å²) in [5, 5.41) is 13.7. The summed E-state index contributed by atoms with van der Waals surface area (Å²) in [6.07, 6.45) is 1.63. The van der Waals surface area contributed by atoms with Gasteiger partial charge < -0.3 is 15.8 Å². The highest BCUT2D eigenvalue weighted by atomic mass is 35.5. The highest BCUT2D eigenvalue weighted by molar-refractivity contribution is 6.34. The zero-order chi connectivity index (χ0) is 15.6. The first-order valence-electron chi connectivity index (χ1n) is 6.46. The molecule has 0 bridgehead atoms. The van der Waals surface area contributed by atoms with E-state index in [4.69, 9.17) is 22.1 Å². The van der Waals surface area contributed by atoms with Gasteiger partial charge in [0.1, 0.15) is 5.69 Å².